The van der Waals surface area contributed by atoms with Crippen molar-refractivity contribution in [3.05, 3.63) is 43.2 Å². The standard InChI is InChI=1S/C11H8Br2N2O2S/c12-6-1-2-8(13)9(3-6)14-4-7-5-18-10(15-7)11(16)17/h1-3,5,14H,4H2,(H,16,17). The number of aromatic nitrogens is 1. The zero-order valence-electron chi connectivity index (χ0n) is 8.98. The fourth-order valence-electron chi connectivity index (χ4n) is 1.31. The number of nitrogens with zero attached hydrogens (tertiary/aromatic N) is 1. The minimum absolute atomic E-state index is 0.111. The lowest BCUT2D eigenvalue weighted by molar-refractivity contribution is 0.0696. The molecule has 7 heteroatoms. The maximum Gasteiger partial charge on any atom is 0.365 e. The third-order valence-electron chi connectivity index (χ3n) is 2.12. The summed E-state index contributed by atoms with van der Waals surface area (Å²) in [5, 5.41) is 13.8. The van der Waals surface area contributed by atoms with Gasteiger partial charge in [0.15, 0.2) is 0 Å². The fourth-order valence-corrected chi connectivity index (χ4v) is 2.71. The van der Waals surface area contributed by atoms with Crippen LogP contribution in [0.3, 0.4) is 0 Å². The Labute approximate surface area is 124 Å². The van der Waals surface area contributed by atoms with E-state index in [1.54, 1.807) is 5.38 Å². The molecule has 0 aliphatic heterocycles. The first-order chi connectivity index (χ1) is 8.56. The summed E-state index contributed by atoms with van der Waals surface area (Å²) >= 11 is 7.96. The molecule has 1 aromatic heterocycles. The monoisotopic (exact) mass is 390 g/mol. The number of aromatic carboxylic acids is 1. The van der Waals surface area contributed by atoms with E-state index in [2.05, 4.69) is 42.2 Å². The number of hydrogen-bond acceptors (Lipinski definition) is 4. The molecule has 0 unspecified atom stereocenters. The predicted octanol–water partition coefficient (Wildman–Crippen LogP) is 3.98. The van der Waals surface area contributed by atoms with Crippen molar-refractivity contribution in [1.82, 2.24) is 4.98 Å². The lowest BCUT2D eigenvalue weighted by atomic mass is 10.3. The third-order valence-corrected chi connectivity index (χ3v) is 4.19. The molecule has 0 atom stereocenters. The normalized spacial score (nSPS) is 10.3. The van der Waals surface area contributed by atoms with Gasteiger partial charge in [0.1, 0.15) is 0 Å². The Morgan fingerprint density at radius 2 is 2.22 bits per heavy atom. The third kappa shape index (κ3) is 3.30. The van der Waals surface area contributed by atoms with Crippen molar-refractivity contribution in [2.75, 3.05) is 5.32 Å². The Hall–Kier alpha value is -0.920. The maximum atomic E-state index is 10.7. The molecule has 1 aromatic carbocycles. The van der Waals surface area contributed by atoms with Gasteiger partial charge in [-0.2, -0.15) is 0 Å². The molecule has 0 amide bonds. The number of thiazole rings is 1. The Morgan fingerprint density at radius 3 is 2.89 bits per heavy atom. The summed E-state index contributed by atoms with van der Waals surface area (Å²) in [5.74, 6) is -0.991. The molecule has 0 radical (unpaired) electrons. The van der Waals surface area contributed by atoms with E-state index >= 15 is 0 Å². The van der Waals surface area contributed by atoms with Gasteiger partial charge in [-0.05, 0) is 34.1 Å². The first-order valence-electron chi connectivity index (χ1n) is 4.93. The summed E-state index contributed by atoms with van der Waals surface area (Å²) in [6, 6.07) is 5.80. The number of carbonyl (C=O) groups is 1. The van der Waals surface area contributed by atoms with Gasteiger partial charge in [0.2, 0.25) is 5.01 Å². The summed E-state index contributed by atoms with van der Waals surface area (Å²) < 4.78 is 1.91. The van der Waals surface area contributed by atoms with Crippen LogP contribution in [-0.2, 0) is 6.54 Å². The molecular formula is C11H8Br2N2O2S. The quantitative estimate of drug-likeness (QED) is 0.827. The van der Waals surface area contributed by atoms with Crippen LogP contribution in [0.25, 0.3) is 0 Å². The van der Waals surface area contributed by atoms with Gasteiger partial charge in [-0.25, -0.2) is 9.78 Å². The average molecular weight is 392 g/mol. The molecule has 0 aliphatic rings. The van der Waals surface area contributed by atoms with E-state index in [4.69, 9.17) is 5.11 Å². The van der Waals surface area contributed by atoms with Crippen LogP contribution < -0.4 is 5.32 Å². The highest BCUT2D eigenvalue weighted by molar-refractivity contribution is 9.11. The molecule has 18 heavy (non-hydrogen) atoms. The molecule has 2 N–H and O–H groups in total. The number of rotatable bonds is 4. The molecule has 2 rings (SSSR count). The Morgan fingerprint density at radius 1 is 1.44 bits per heavy atom. The van der Waals surface area contributed by atoms with E-state index in [1.807, 2.05) is 18.2 Å². The number of carboxylic acids is 1. The van der Waals surface area contributed by atoms with Crippen molar-refractivity contribution in [3.8, 4) is 0 Å². The molecule has 0 saturated carbocycles. The molecule has 0 spiro atoms. The van der Waals surface area contributed by atoms with Crippen molar-refractivity contribution in [3.63, 3.8) is 0 Å². The number of nitrogens with one attached hydrogen (secondary N) is 1. The van der Waals surface area contributed by atoms with Crippen LogP contribution >= 0.6 is 43.2 Å². The van der Waals surface area contributed by atoms with Crippen molar-refractivity contribution < 1.29 is 9.90 Å². The summed E-state index contributed by atoms with van der Waals surface area (Å²) in [7, 11) is 0. The lowest BCUT2D eigenvalue weighted by Crippen LogP contribution is -2.02. The lowest BCUT2D eigenvalue weighted by Gasteiger charge is -2.07. The van der Waals surface area contributed by atoms with Crippen molar-refractivity contribution in [2.45, 2.75) is 6.54 Å². The second-order valence-corrected chi connectivity index (χ2v) is 6.05. The highest BCUT2D eigenvalue weighted by Gasteiger charge is 2.09. The number of halogens is 2. The SMILES string of the molecule is O=C(O)c1nc(CNc2cc(Br)ccc2Br)cs1. The van der Waals surface area contributed by atoms with Gasteiger partial charge in [0.05, 0.1) is 12.2 Å². The minimum atomic E-state index is -0.991. The molecule has 0 fully saturated rings. The Kier molecular flexibility index (Phi) is 4.36. The van der Waals surface area contributed by atoms with Crippen LogP contribution in [0, 0.1) is 0 Å². The maximum absolute atomic E-state index is 10.7. The minimum Gasteiger partial charge on any atom is -0.476 e. The molecule has 0 aliphatic carbocycles. The van der Waals surface area contributed by atoms with E-state index in [1.165, 1.54) is 0 Å². The Balaban J connectivity index is 2.06. The fraction of sp³-hybridized carbons (Fsp3) is 0.0909. The highest BCUT2D eigenvalue weighted by Crippen LogP contribution is 2.26. The Bertz CT molecular complexity index is 586. The molecular weight excluding hydrogens is 384 g/mol. The average Bonchev–Trinajstić information content (AvgIpc) is 2.79. The van der Waals surface area contributed by atoms with Crippen LogP contribution in [0.4, 0.5) is 5.69 Å². The van der Waals surface area contributed by atoms with Crippen LogP contribution in [0.1, 0.15) is 15.5 Å². The van der Waals surface area contributed by atoms with E-state index in [9.17, 15) is 4.79 Å². The topological polar surface area (TPSA) is 62.2 Å². The number of anilines is 1. The summed E-state index contributed by atoms with van der Waals surface area (Å²) in [5.41, 5.74) is 1.64. The number of carboxylic acid groups (broad SMARTS) is 1. The molecule has 2 aromatic rings. The smallest absolute Gasteiger partial charge is 0.365 e. The van der Waals surface area contributed by atoms with Crippen LogP contribution in [0.5, 0.6) is 0 Å². The summed E-state index contributed by atoms with van der Waals surface area (Å²) in [6.07, 6.45) is 0. The van der Waals surface area contributed by atoms with Gasteiger partial charge in [0.25, 0.3) is 0 Å². The van der Waals surface area contributed by atoms with Gasteiger partial charge in [-0.15, -0.1) is 11.3 Å². The highest BCUT2D eigenvalue weighted by atomic mass is 79.9. The van der Waals surface area contributed by atoms with Gasteiger partial charge in [0, 0.05) is 20.0 Å². The van der Waals surface area contributed by atoms with Crippen molar-refractivity contribution >= 4 is 54.9 Å². The number of hydrogen-bond donors (Lipinski definition) is 2. The van der Waals surface area contributed by atoms with Gasteiger partial charge in [-0.1, -0.05) is 15.9 Å². The largest absolute Gasteiger partial charge is 0.476 e. The van der Waals surface area contributed by atoms with E-state index < -0.39 is 5.97 Å². The van der Waals surface area contributed by atoms with Gasteiger partial charge in [-0.3, -0.25) is 0 Å². The molecule has 94 valence electrons. The first kappa shape index (κ1) is 13.5. The number of benzene rings is 1. The molecule has 4 nitrogen and oxygen atoms in total. The first-order valence-corrected chi connectivity index (χ1v) is 7.39. The van der Waals surface area contributed by atoms with Crippen LogP contribution in [-0.4, -0.2) is 16.1 Å². The summed E-state index contributed by atoms with van der Waals surface area (Å²) in [6.45, 7) is 0.485. The zero-order valence-corrected chi connectivity index (χ0v) is 13.0. The van der Waals surface area contributed by atoms with E-state index in [-0.39, 0.29) is 5.01 Å². The van der Waals surface area contributed by atoms with E-state index in [0.717, 1.165) is 26.0 Å². The van der Waals surface area contributed by atoms with E-state index in [0.29, 0.717) is 12.2 Å². The molecule has 1 heterocycles. The molecule has 0 bridgehead atoms. The second kappa shape index (κ2) is 5.81. The zero-order chi connectivity index (χ0) is 13.1. The van der Waals surface area contributed by atoms with Crippen molar-refractivity contribution in [1.29, 1.82) is 0 Å². The molecule has 0 saturated heterocycles. The predicted molar refractivity (Wildman–Crippen MR) is 78.2 cm³/mol. The van der Waals surface area contributed by atoms with Gasteiger partial charge >= 0.3 is 5.97 Å². The summed E-state index contributed by atoms with van der Waals surface area (Å²) in [4.78, 5) is 14.7. The van der Waals surface area contributed by atoms with Gasteiger partial charge < -0.3 is 10.4 Å². The van der Waals surface area contributed by atoms with Crippen LogP contribution in [0.2, 0.25) is 0 Å². The van der Waals surface area contributed by atoms with Crippen molar-refractivity contribution in [2.24, 2.45) is 0 Å². The second-order valence-electron chi connectivity index (χ2n) is 3.43. The van der Waals surface area contributed by atoms with Crippen LogP contribution in [0.15, 0.2) is 32.5 Å².